The second kappa shape index (κ2) is 10.8. The van der Waals surface area contributed by atoms with Crippen LogP contribution in [0.1, 0.15) is 42.5 Å². The van der Waals surface area contributed by atoms with Crippen LogP contribution in [0.5, 0.6) is 0 Å². The smallest absolute Gasteiger partial charge is 0.410 e. The summed E-state index contributed by atoms with van der Waals surface area (Å²) in [6.07, 6.45) is 0.0873. The van der Waals surface area contributed by atoms with E-state index in [4.69, 9.17) is 21.4 Å². The number of rotatable bonds is 4. The molecule has 0 unspecified atom stereocenters. The number of hydrogen-bond donors (Lipinski definition) is 2. The van der Waals surface area contributed by atoms with E-state index in [1.54, 1.807) is 55.7 Å². The molecule has 5 rings (SSSR count). The van der Waals surface area contributed by atoms with E-state index >= 15 is 0 Å². The number of nitrogens with one attached hydrogen (secondary N) is 1. The molecule has 4 heterocycles. The zero-order chi connectivity index (χ0) is 29.5. The molecule has 3 aromatic heterocycles. The molecule has 0 aliphatic carbocycles. The maximum absolute atomic E-state index is 13.3. The Kier molecular flexibility index (Phi) is 7.38. The Morgan fingerprint density at radius 3 is 2.63 bits per heavy atom. The van der Waals surface area contributed by atoms with Crippen LogP contribution >= 0.6 is 11.6 Å². The number of fused-ring (bicyclic) bond motifs is 1. The van der Waals surface area contributed by atoms with Crippen molar-refractivity contribution in [1.29, 1.82) is 5.26 Å². The molecule has 11 nitrogen and oxygen atoms in total. The van der Waals surface area contributed by atoms with Crippen molar-refractivity contribution >= 4 is 29.2 Å². The number of benzene rings is 1. The quantitative estimate of drug-likeness (QED) is 0.348. The minimum atomic E-state index is -0.971. The van der Waals surface area contributed by atoms with Gasteiger partial charge in [0.2, 0.25) is 0 Å². The van der Waals surface area contributed by atoms with Crippen molar-refractivity contribution in [2.75, 3.05) is 13.1 Å². The van der Waals surface area contributed by atoms with E-state index in [2.05, 4.69) is 21.4 Å². The van der Waals surface area contributed by atoms with Crippen molar-refractivity contribution in [3.63, 3.8) is 0 Å². The number of pyridine rings is 1. The summed E-state index contributed by atoms with van der Waals surface area (Å²) in [5, 5.41) is 27.8. The molecule has 0 bridgehead atoms. The number of aliphatic hydroxyl groups excluding tert-OH is 1. The van der Waals surface area contributed by atoms with Crippen molar-refractivity contribution in [2.24, 2.45) is 0 Å². The second-order valence-corrected chi connectivity index (χ2v) is 11.2. The number of aryl methyl sites for hydroxylation is 1. The largest absolute Gasteiger partial charge is 0.444 e. The number of aliphatic hydroxyl groups is 1. The highest BCUT2D eigenvalue weighted by Crippen LogP contribution is 2.36. The number of carbonyl (C=O) groups excluding carboxylic acids is 2. The van der Waals surface area contributed by atoms with Gasteiger partial charge in [-0.05, 0) is 63.6 Å². The highest BCUT2D eigenvalue weighted by molar-refractivity contribution is 6.29. The Morgan fingerprint density at radius 2 is 1.93 bits per heavy atom. The number of carbonyl (C=O) groups is 2. The van der Waals surface area contributed by atoms with Gasteiger partial charge in [-0.25, -0.2) is 19.3 Å². The van der Waals surface area contributed by atoms with Crippen LogP contribution in [0.3, 0.4) is 0 Å². The summed E-state index contributed by atoms with van der Waals surface area (Å²) in [5.41, 5.74) is 3.50. The molecule has 0 saturated carbocycles. The molecule has 2 N–H and O–H groups in total. The number of amides is 2. The molecule has 1 aromatic carbocycles. The molecule has 1 fully saturated rings. The van der Waals surface area contributed by atoms with Gasteiger partial charge in [0.15, 0.2) is 5.65 Å². The second-order valence-electron chi connectivity index (χ2n) is 10.8. The summed E-state index contributed by atoms with van der Waals surface area (Å²) in [7, 11) is 0. The fourth-order valence-corrected chi connectivity index (χ4v) is 4.93. The first-order valence-electron chi connectivity index (χ1n) is 12.9. The molecule has 2 amide bonds. The van der Waals surface area contributed by atoms with Gasteiger partial charge in [-0.2, -0.15) is 10.4 Å². The Hall–Kier alpha value is -4.53. The highest BCUT2D eigenvalue weighted by Gasteiger charge is 2.37. The van der Waals surface area contributed by atoms with Gasteiger partial charge >= 0.3 is 6.09 Å². The Labute approximate surface area is 241 Å². The first kappa shape index (κ1) is 28.0. The van der Waals surface area contributed by atoms with E-state index in [1.165, 1.54) is 11.0 Å². The summed E-state index contributed by atoms with van der Waals surface area (Å²) < 4.78 is 6.95. The highest BCUT2D eigenvalue weighted by atomic mass is 35.5. The fraction of sp³-hybridized carbons (Fsp3) is 0.310. The minimum Gasteiger partial charge on any atom is -0.444 e. The molecule has 2 atom stereocenters. The van der Waals surface area contributed by atoms with Gasteiger partial charge in [0.1, 0.15) is 22.1 Å². The Morgan fingerprint density at radius 1 is 1.15 bits per heavy atom. The SMILES string of the molecule is Cc1cc(-c2c(-c3cccc(C#N)c3)nn3ccc(C(=O)N[C@H]4CN(C(=O)OC(C)(C)C)C[C@@H]4O)nc23)cc(Cl)n1. The minimum absolute atomic E-state index is 0.0341. The number of nitrogens with zero attached hydrogens (tertiary/aromatic N) is 6. The van der Waals surface area contributed by atoms with Crippen LogP contribution in [-0.2, 0) is 4.74 Å². The number of nitriles is 1. The zero-order valence-electron chi connectivity index (χ0n) is 22.9. The van der Waals surface area contributed by atoms with Gasteiger partial charge < -0.3 is 20.1 Å². The predicted octanol–water partition coefficient (Wildman–Crippen LogP) is 4.00. The summed E-state index contributed by atoms with van der Waals surface area (Å²) in [5.74, 6) is -0.522. The molecule has 0 spiro atoms. The van der Waals surface area contributed by atoms with E-state index in [-0.39, 0.29) is 23.9 Å². The van der Waals surface area contributed by atoms with Crippen LogP contribution in [0.15, 0.2) is 48.7 Å². The molecule has 1 aliphatic heterocycles. The van der Waals surface area contributed by atoms with Crippen LogP contribution in [0.4, 0.5) is 4.79 Å². The molecular weight excluding hydrogens is 546 g/mol. The van der Waals surface area contributed by atoms with Crippen LogP contribution < -0.4 is 5.32 Å². The number of aromatic nitrogens is 4. The van der Waals surface area contributed by atoms with Crippen LogP contribution in [0.2, 0.25) is 5.15 Å². The summed E-state index contributed by atoms with van der Waals surface area (Å²) in [4.78, 5) is 36.0. The maximum atomic E-state index is 13.3. The standard InChI is InChI=1S/C29H28ClN7O4/c1-16-10-19(12-23(30)32-16)24-25(18-7-5-6-17(11-18)13-31)35-37-9-8-20(33-26(24)37)27(39)34-21-14-36(15-22(21)38)28(40)41-29(2,3)4/h5-12,21-22,38H,14-15H2,1-4H3,(H,34,39)/t21-,22-/m0/s1. The van der Waals surface area contributed by atoms with Crippen molar-refractivity contribution in [3.05, 3.63) is 70.8 Å². The van der Waals surface area contributed by atoms with Crippen LogP contribution in [-0.4, -0.2) is 72.4 Å². The van der Waals surface area contributed by atoms with Crippen molar-refractivity contribution < 1.29 is 19.4 Å². The number of likely N-dealkylation sites (tertiary alicyclic amines) is 1. The Balaban J connectivity index is 1.50. The average Bonchev–Trinajstić information content (AvgIpc) is 3.47. The molecule has 4 aromatic rings. The van der Waals surface area contributed by atoms with Crippen molar-refractivity contribution in [2.45, 2.75) is 45.4 Å². The Bertz CT molecular complexity index is 1690. The van der Waals surface area contributed by atoms with Gasteiger partial charge in [-0.3, -0.25) is 4.79 Å². The van der Waals surface area contributed by atoms with E-state index < -0.39 is 29.7 Å². The topological polar surface area (TPSA) is 146 Å². The lowest BCUT2D eigenvalue weighted by Gasteiger charge is -2.24. The van der Waals surface area contributed by atoms with E-state index in [1.807, 2.05) is 19.1 Å². The first-order chi connectivity index (χ1) is 19.4. The van der Waals surface area contributed by atoms with E-state index in [9.17, 15) is 20.0 Å². The maximum Gasteiger partial charge on any atom is 0.410 e. The monoisotopic (exact) mass is 573 g/mol. The normalized spacial score (nSPS) is 17.0. The molecule has 41 heavy (non-hydrogen) atoms. The van der Waals surface area contributed by atoms with Gasteiger partial charge in [-0.1, -0.05) is 23.7 Å². The average molecular weight is 574 g/mol. The fourth-order valence-electron chi connectivity index (χ4n) is 4.68. The molecule has 12 heteroatoms. The lowest BCUT2D eigenvalue weighted by molar-refractivity contribution is 0.0269. The first-order valence-corrected chi connectivity index (χ1v) is 13.3. The lowest BCUT2D eigenvalue weighted by Crippen LogP contribution is -2.43. The summed E-state index contributed by atoms with van der Waals surface area (Å²) in [6.45, 7) is 7.22. The number of halogens is 1. The third-order valence-corrected chi connectivity index (χ3v) is 6.64. The van der Waals surface area contributed by atoms with Crippen LogP contribution in [0, 0.1) is 18.3 Å². The molecule has 1 aliphatic rings. The van der Waals surface area contributed by atoms with E-state index in [0.717, 1.165) is 0 Å². The van der Waals surface area contributed by atoms with Crippen LogP contribution in [0.25, 0.3) is 28.0 Å². The summed E-state index contributed by atoms with van der Waals surface area (Å²) >= 11 is 6.30. The van der Waals surface area contributed by atoms with E-state index in [0.29, 0.717) is 39.3 Å². The predicted molar refractivity (Wildman–Crippen MR) is 151 cm³/mol. The third kappa shape index (κ3) is 5.99. The van der Waals surface area contributed by atoms with Gasteiger partial charge in [-0.15, -0.1) is 0 Å². The van der Waals surface area contributed by atoms with Gasteiger partial charge in [0.25, 0.3) is 5.91 Å². The number of ether oxygens (including phenoxy) is 1. The summed E-state index contributed by atoms with van der Waals surface area (Å²) in [6, 6.07) is 13.5. The number of hydrogen-bond acceptors (Lipinski definition) is 8. The lowest BCUT2D eigenvalue weighted by atomic mass is 10.00. The number of β-amino-alcohol motifs (C(OH)–C–C–N with tert-alkyl or cyclic N) is 1. The zero-order valence-corrected chi connectivity index (χ0v) is 23.7. The third-order valence-electron chi connectivity index (χ3n) is 6.45. The van der Waals surface area contributed by atoms with Crippen molar-refractivity contribution in [1.82, 2.24) is 29.8 Å². The molecular formula is C29H28ClN7O4. The van der Waals surface area contributed by atoms with Gasteiger partial charge in [0, 0.05) is 24.0 Å². The van der Waals surface area contributed by atoms with Crippen molar-refractivity contribution in [3.8, 4) is 28.5 Å². The molecule has 1 saturated heterocycles. The molecule has 210 valence electrons. The van der Waals surface area contributed by atoms with Gasteiger partial charge in [0.05, 0.1) is 35.9 Å². The molecule has 0 radical (unpaired) electrons.